The van der Waals surface area contributed by atoms with E-state index in [0.717, 1.165) is 43.2 Å². The average molecular weight is 611 g/mol. The van der Waals surface area contributed by atoms with Crippen molar-refractivity contribution in [2.75, 3.05) is 11.9 Å². The molecule has 10 heteroatoms. The van der Waals surface area contributed by atoms with E-state index in [1.807, 2.05) is 32.0 Å². The molecule has 0 saturated carbocycles. The van der Waals surface area contributed by atoms with Crippen LogP contribution in [-0.2, 0) is 19.1 Å². The minimum atomic E-state index is -1.36. The molecule has 2 aromatic carbocycles. The van der Waals surface area contributed by atoms with Crippen LogP contribution in [0.15, 0.2) is 36.4 Å². The van der Waals surface area contributed by atoms with Gasteiger partial charge in [0, 0.05) is 12.2 Å². The Morgan fingerprint density at radius 1 is 0.932 bits per heavy atom. The topological polar surface area (TPSA) is 151 Å². The highest BCUT2D eigenvalue weighted by atomic mass is 16.6. The number of rotatable bonds is 15. The number of para-hydroxylation sites is 1. The number of nitrogens with zero attached hydrogens (tertiary/aromatic N) is 1. The number of benzene rings is 2. The van der Waals surface area contributed by atoms with Crippen LogP contribution in [0.4, 0.5) is 10.5 Å². The van der Waals surface area contributed by atoms with Crippen molar-refractivity contribution in [1.82, 2.24) is 10.2 Å². The summed E-state index contributed by atoms with van der Waals surface area (Å²) in [5.41, 5.74) is 8.00. The number of nitrogens with one attached hydrogen (secondary N) is 2. The third-order valence-electron chi connectivity index (χ3n) is 7.26. The number of anilines is 1. The minimum absolute atomic E-state index is 0.0506. The van der Waals surface area contributed by atoms with Gasteiger partial charge in [-0.2, -0.15) is 0 Å². The molecule has 0 spiro atoms. The van der Waals surface area contributed by atoms with E-state index in [1.54, 1.807) is 39.8 Å². The maximum atomic E-state index is 14.3. The Morgan fingerprint density at radius 3 is 2.11 bits per heavy atom. The second-order valence-electron chi connectivity index (χ2n) is 12.4. The number of carbonyl (C=O) groups is 4. The number of phenolic OH excluding ortho intramolecular Hbond substituents is 1. The second-order valence-corrected chi connectivity index (χ2v) is 12.4. The Balaban J connectivity index is 2.60. The maximum absolute atomic E-state index is 14.3. The summed E-state index contributed by atoms with van der Waals surface area (Å²) in [7, 11) is 0. The predicted molar refractivity (Wildman–Crippen MR) is 172 cm³/mol. The predicted octanol–water partition coefficient (Wildman–Crippen LogP) is 5.96. The van der Waals surface area contributed by atoms with Crippen LogP contribution in [0.2, 0.25) is 0 Å². The number of carbonyl (C=O) groups excluding carboxylic acids is 4. The zero-order valence-corrected chi connectivity index (χ0v) is 27.3. The van der Waals surface area contributed by atoms with Gasteiger partial charge in [0.25, 0.3) is 5.91 Å². The van der Waals surface area contributed by atoms with Crippen LogP contribution in [0.5, 0.6) is 5.75 Å². The Bertz CT molecular complexity index is 1280. The van der Waals surface area contributed by atoms with Crippen LogP contribution in [0, 0.1) is 20.8 Å². The first kappa shape index (κ1) is 36.1. The van der Waals surface area contributed by atoms with Crippen molar-refractivity contribution < 1.29 is 29.0 Å². The Morgan fingerprint density at radius 2 is 1.55 bits per heavy atom. The van der Waals surface area contributed by atoms with Crippen molar-refractivity contribution in [3.8, 4) is 5.75 Å². The SMILES string of the molecule is CCCCCCCCN(C(=O)C(CC(N)=O)NC(=O)OC(C)(C)C)C(C(=O)Nc1c(C)cccc1C)c1ccc(O)c(C)c1. The lowest BCUT2D eigenvalue weighted by atomic mass is 9.98. The van der Waals surface area contributed by atoms with E-state index in [-0.39, 0.29) is 12.3 Å². The number of alkyl carbamates (subject to hydrolysis) is 1. The second kappa shape index (κ2) is 16.7. The first-order chi connectivity index (χ1) is 20.6. The van der Waals surface area contributed by atoms with Gasteiger partial charge in [-0.15, -0.1) is 0 Å². The Labute approximate surface area is 261 Å². The maximum Gasteiger partial charge on any atom is 0.408 e. The van der Waals surface area contributed by atoms with Crippen molar-refractivity contribution >= 4 is 29.5 Å². The molecule has 0 bridgehead atoms. The molecule has 0 fully saturated rings. The summed E-state index contributed by atoms with van der Waals surface area (Å²) in [6, 6.07) is 7.90. The summed E-state index contributed by atoms with van der Waals surface area (Å²) in [6.45, 7) is 12.8. The van der Waals surface area contributed by atoms with Crippen molar-refractivity contribution in [3.05, 3.63) is 58.7 Å². The largest absolute Gasteiger partial charge is 0.508 e. The fourth-order valence-corrected chi connectivity index (χ4v) is 5.01. The minimum Gasteiger partial charge on any atom is -0.508 e. The number of aromatic hydroxyl groups is 1. The van der Waals surface area contributed by atoms with Gasteiger partial charge in [-0.05, 0) is 82.3 Å². The van der Waals surface area contributed by atoms with E-state index in [4.69, 9.17) is 10.5 Å². The summed E-state index contributed by atoms with van der Waals surface area (Å²) >= 11 is 0. The van der Waals surface area contributed by atoms with Crippen LogP contribution in [0.1, 0.15) is 101 Å². The van der Waals surface area contributed by atoms with Crippen LogP contribution in [0.3, 0.4) is 0 Å². The van der Waals surface area contributed by atoms with Crippen molar-refractivity contribution in [1.29, 1.82) is 0 Å². The number of unbranched alkanes of at least 4 members (excludes halogenated alkanes) is 5. The van der Waals surface area contributed by atoms with E-state index >= 15 is 0 Å². The monoisotopic (exact) mass is 610 g/mol. The molecule has 2 aromatic rings. The molecule has 0 aliphatic heterocycles. The average Bonchev–Trinajstić information content (AvgIpc) is 2.91. The zero-order valence-electron chi connectivity index (χ0n) is 27.3. The molecular weight excluding hydrogens is 560 g/mol. The van der Waals surface area contributed by atoms with Gasteiger partial charge >= 0.3 is 6.09 Å². The summed E-state index contributed by atoms with van der Waals surface area (Å²) in [6.07, 6.45) is 4.28. The highest BCUT2D eigenvalue weighted by Crippen LogP contribution is 2.30. The standard InChI is InChI=1S/C34H50N4O6/c1-8-9-10-11-12-13-19-38(32(42)26(21-28(35)40)36-33(43)44-34(5,6)7)30(25-17-18-27(39)24(4)20-25)31(41)37-29-22(2)15-14-16-23(29)3/h14-18,20,26,30,39H,8-13,19,21H2,1-7H3,(H2,35,40)(H,36,43)(H,37,41). The summed E-state index contributed by atoms with van der Waals surface area (Å²) in [4.78, 5) is 54.8. The van der Waals surface area contributed by atoms with Gasteiger partial charge in [0.1, 0.15) is 23.4 Å². The first-order valence-electron chi connectivity index (χ1n) is 15.4. The molecule has 242 valence electrons. The number of phenols is 1. The van der Waals surface area contributed by atoms with Gasteiger partial charge in [-0.25, -0.2) is 4.79 Å². The summed E-state index contributed by atoms with van der Waals surface area (Å²) < 4.78 is 5.36. The van der Waals surface area contributed by atoms with Gasteiger partial charge in [0.05, 0.1) is 6.42 Å². The molecule has 4 amide bonds. The van der Waals surface area contributed by atoms with Crippen LogP contribution in [0.25, 0.3) is 0 Å². The van der Waals surface area contributed by atoms with Crippen LogP contribution >= 0.6 is 0 Å². The molecule has 2 rings (SSSR count). The molecule has 5 N–H and O–H groups in total. The lowest BCUT2D eigenvalue weighted by Crippen LogP contribution is -2.53. The highest BCUT2D eigenvalue weighted by molar-refractivity contribution is 6.00. The quantitative estimate of drug-likeness (QED) is 0.183. The van der Waals surface area contributed by atoms with Gasteiger partial charge in [-0.1, -0.05) is 63.3 Å². The van der Waals surface area contributed by atoms with Gasteiger partial charge < -0.3 is 31.1 Å². The molecule has 0 radical (unpaired) electrons. The third-order valence-corrected chi connectivity index (χ3v) is 7.26. The smallest absolute Gasteiger partial charge is 0.408 e. The van der Waals surface area contributed by atoms with Gasteiger partial charge in [-0.3, -0.25) is 14.4 Å². The Kier molecular flexibility index (Phi) is 13.7. The number of ether oxygens (including phenoxy) is 1. The fraction of sp³-hybridized carbons (Fsp3) is 0.529. The number of hydrogen-bond acceptors (Lipinski definition) is 6. The molecule has 44 heavy (non-hydrogen) atoms. The lowest BCUT2D eigenvalue weighted by Gasteiger charge is -2.34. The zero-order chi connectivity index (χ0) is 33.0. The molecule has 10 nitrogen and oxygen atoms in total. The van der Waals surface area contributed by atoms with E-state index in [2.05, 4.69) is 17.6 Å². The van der Waals surface area contributed by atoms with Gasteiger partial charge in [0.15, 0.2) is 0 Å². The van der Waals surface area contributed by atoms with Crippen molar-refractivity contribution in [2.45, 2.75) is 111 Å². The molecule has 0 saturated heterocycles. The normalized spacial score (nSPS) is 12.6. The van der Waals surface area contributed by atoms with Crippen molar-refractivity contribution in [3.63, 3.8) is 0 Å². The van der Waals surface area contributed by atoms with Crippen LogP contribution < -0.4 is 16.4 Å². The van der Waals surface area contributed by atoms with Crippen LogP contribution in [-0.4, -0.2) is 52.0 Å². The molecule has 0 heterocycles. The number of primary amides is 1. The van der Waals surface area contributed by atoms with Crippen molar-refractivity contribution in [2.24, 2.45) is 5.73 Å². The lowest BCUT2D eigenvalue weighted by molar-refractivity contribution is -0.142. The third kappa shape index (κ3) is 11.2. The fourth-order valence-electron chi connectivity index (χ4n) is 5.01. The van der Waals surface area contributed by atoms with E-state index < -0.39 is 47.9 Å². The summed E-state index contributed by atoms with van der Waals surface area (Å²) in [5, 5.41) is 15.8. The van der Waals surface area contributed by atoms with E-state index in [0.29, 0.717) is 23.2 Å². The highest BCUT2D eigenvalue weighted by Gasteiger charge is 2.37. The molecule has 0 aromatic heterocycles. The first-order valence-corrected chi connectivity index (χ1v) is 15.4. The number of hydrogen-bond donors (Lipinski definition) is 4. The van der Waals surface area contributed by atoms with E-state index in [1.165, 1.54) is 11.0 Å². The number of nitrogens with two attached hydrogens (primary N) is 1. The molecule has 2 unspecified atom stereocenters. The van der Waals surface area contributed by atoms with E-state index in [9.17, 15) is 24.3 Å². The number of amides is 4. The molecule has 2 atom stereocenters. The summed E-state index contributed by atoms with van der Waals surface area (Å²) in [5.74, 6) is -1.86. The molecule has 0 aliphatic carbocycles. The molecular formula is C34H50N4O6. The van der Waals surface area contributed by atoms with Gasteiger partial charge in [0.2, 0.25) is 11.8 Å². The molecule has 0 aliphatic rings. The Hall–Kier alpha value is -4.08. The number of aryl methyl sites for hydroxylation is 3.